The van der Waals surface area contributed by atoms with Crippen LogP contribution in [0.5, 0.6) is 0 Å². The SMILES string of the molecule is C[C@H](c1ccc(B(O)O)cc1)N1CCC(O[Si](C)(C)C(C)(C)C)CC1. The highest BCUT2D eigenvalue weighted by Gasteiger charge is 2.39. The highest BCUT2D eigenvalue weighted by molar-refractivity contribution is 6.74. The van der Waals surface area contributed by atoms with E-state index >= 15 is 0 Å². The van der Waals surface area contributed by atoms with Crippen molar-refractivity contribution in [3.05, 3.63) is 29.8 Å². The van der Waals surface area contributed by atoms with Crippen LogP contribution in [0.2, 0.25) is 18.1 Å². The van der Waals surface area contributed by atoms with Crippen molar-refractivity contribution in [3.8, 4) is 0 Å². The van der Waals surface area contributed by atoms with E-state index in [9.17, 15) is 10.0 Å². The fraction of sp³-hybridized carbons (Fsp3) is 0.684. The molecule has 1 aromatic carbocycles. The zero-order valence-corrected chi connectivity index (χ0v) is 17.6. The average molecular weight is 363 g/mol. The normalized spacial score (nSPS) is 19.0. The van der Waals surface area contributed by atoms with Gasteiger partial charge < -0.3 is 14.5 Å². The Labute approximate surface area is 154 Å². The van der Waals surface area contributed by atoms with Crippen LogP contribution in [0.15, 0.2) is 24.3 Å². The molecule has 1 aromatic rings. The van der Waals surface area contributed by atoms with Crippen molar-refractivity contribution in [1.29, 1.82) is 0 Å². The molecule has 1 aliphatic rings. The molecule has 4 nitrogen and oxygen atoms in total. The van der Waals surface area contributed by atoms with Gasteiger partial charge in [0.15, 0.2) is 8.32 Å². The van der Waals surface area contributed by atoms with Crippen LogP contribution in [0.25, 0.3) is 0 Å². The molecular formula is C19H34BNO3Si. The first-order valence-electron chi connectivity index (χ1n) is 9.39. The predicted molar refractivity (Wildman–Crippen MR) is 108 cm³/mol. The van der Waals surface area contributed by atoms with Crippen LogP contribution in [0.1, 0.15) is 52.1 Å². The Hall–Kier alpha value is -0.658. The van der Waals surface area contributed by atoms with E-state index in [-0.39, 0.29) is 5.04 Å². The van der Waals surface area contributed by atoms with Gasteiger partial charge in [-0.3, -0.25) is 4.90 Å². The summed E-state index contributed by atoms with van der Waals surface area (Å²) < 4.78 is 6.58. The van der Waals surface area contributed by atoms with E-state index in [1.165, 1.54) is 5.56 Å². The van der Waals surface area contributed by atoms with Gasteiger partial charge in [0.05, 0.1) is 0 Å². The molecule has 1 fully saturated rings. The molecule has 1 atom stereocenters. The second-order valence-corrected chi connectivity index (χ2v) is 13.6. The van der Waals surface area contributed by atoms with Crippen molar-refractivity contribution in [2.75, 3.05) is 13.1 Å². The number of hydrogen-bond acceptors (Lipinski definition) is 4. The first kappa shape index (κ1) is 20.7. The molecule has 1 saturated heterocycles. The summed E-state index contributed by atoms with van der Waals surface area (Å²) in [7, 11) is -3.08. The molecular weight excluding hydrogens is 329 g/mol. The number of benzene rings is 1. The van der Waals surface area contributed by atoms with Gasteiger partial charge in [-0.15, -0.1) is 0 Å². The van der Waals surface area contributed by atoms with E-state index in [0.29, 0.717) is 17.6 Å². The molecule has 0 saturated carbocycles. The largest absolute Gasteiger partial charge is 0.488 e. The van der Waals surface area contributed by atoms with Gasteiger partial charge in [-0.05, 0) is 48.9 Å². The van der Waals surface area contributed by atoms with Gasteiger partial charge >= 0.3 is 7.12 Å². The Bertz CT molecular complexity index is 549. The van der Waals surface area contributed by atoms with Gasteiger partial charge in [0.25, 0.3) is 0 Å². The summed E-state index contributed by atoms with van der Waals surface area (Å²) in [6, 6.07) is 7.92. The highest BCUT2D eigenvalue weighted by Crippen LogP contribution is 2.38. The lowest BCUT2D eigenvalue weighted by atomic mass is 9.80. The molecule has 25 heavy (non-hydrogen) atoms. The average Bonchev–Trinajstić information content (AvgIpc) is 2.53. The van der Waals surface area contributed by atoms with Gasteiger partial charge in [-0.2, -0.15) is 0 Å². The lowest BCUT2D eigenvalue weighted by molar-refractivity contribution is 0.0710. The highest BCUT2D eigenvalue weighted by atomic mass is 28.4. The van der Waals surface area contributed by atoms with Gasteiger partial charge in [0, 0.05) is 25.2 Å². The van der Waals surface area contributed by atoms with E-state index in [4.69, 9.17) is 4.43 Å². The Morgan fingerprint density at radius 2 is 1.64 bits per heavy atom. The van der Waals surface area contributed by atoms with Crippen molar-refractivity contribution in [3.63, 3.8) is 0 Å². The van der Waals surface area contributed by atoms with Crippen LogP contribution in [0.3, 0.4) is 0 Å². The van der Waals surface area contributed by atoms with E-state index < -0.39 is 15.4 Å². The smallest absolute Gasteiger partial charge is 0.423 e. The fourth-order valence-electron chi connectivity index (χ4n) is 3.13. The lowest BCUT2D eigenvalue weighted by Gasteiger charge is -2.43. The third-order valence-corrected chi connectivity index (χ3v) is 10.5. The van der Waals surface area contributed by atoms with Gasteiger partial charge in [-0.25, -0.2) is 0 Å². The summed E-state index contributed by atoms with van der Waals surface area (Å²) in [6.45, 7) is 15.9. The first-order valence-corrected chi connectivity index (χ1v) is 12.3. The van der Waals surface area contributed by atoms with Crippen molar-refractivity contribution in [2.24, 2.45) is 0 Å². The third kappa shape index (κ3) is 5.17. The predicted octanol–water partition coefficient (Wildman–Crippen LogP) is 2.91. The minimum absolute atomic E-state index is 0.260. The second kappa shape index (κ2) is 7.93. The Balaban J connectivity index is 1.91. The molecule has 1 heterocycles. The maximum atomic E-state index is 9.22. The maximum Gasteiger partial charge on any atom is 0.488 e. The molecule has 2 N–H and O–H groups in total. The third-order valence-electron chi connectivity index (χ3n) is 6.01. The van der Waals surface area contributed by atoms with Crippen LogP contribution in [-0.4, -0.2) is 49.6 Å². The van der Waals surface area contributed by atoms with Crippen LogP contribution in [-0.2, 0) is 4.43 Å². The quantitative estimate of drug-likeness (QED) is 0.790. The van der Waals surface area contributed by atoms with Crippen LogP contribution in [0.4, 0.5) is 0 Å². The molecule has 140 valence electrons. The number of nitrogens with zero attached hydrogens (tertiary/aromatic N) is 1. The monoisotopic (exact) mass is 363 g/mol. The summed E-state index contributed by atoms with van der Waals surface area (Å²) in [5, 5.41) is 18.7. The van der Waals surface area contributed by atoms with Crippen molar-refractivity contribution < 1.29 is 14.5 Å². The first-order chi connectivity index (χ1) is 11.5. The summed E-state index contributed by atoms with van der Waals surface area (Å²) in [4.78, 5) is 2.50. The lowest BCUT2D eigenvalue weighted by Crippen LogP contribution is -2.47. The molecule has 1 aliphatic heterocycles. The zero-order valence-electron chi connectivity index (χ0n) is 16.6. The topological polar surface area (TPSA) is 52.9 Å². The Morgan fingerprint density at radius 3 is 2.08 bits per heavy atom. The van der Waals surface area contributed by atoms with Gasteiger partial charge in [-0.1, -0.05) is 45.0 Å². The molecule has 0 amide bonds. The van der Waals surface area contributed by atoms with Gasteiger partial charge in [0.1, 0.15) is 0 Å². The van der Waals surface area contributed by atoms with Crippen molar-refractivity contribution in [2.45, 2.75) is 70.8 Å². The summed E-state index contributed by atoms with van der Waals surface area (Å²) in [5.41, 5.74) is 1.76. The minimum Gasteiger partial charge on any atom is -0.423 e. The molecule has 6 heteroatoms. The number of piperidine rings is 1. The van der Waals surface area contributed by atoms with Crippen LogP contribution >= 0.6 is 0 Å². The summed E-state index contributed by atoms with van der Waals surface area (Å²) in [6.07, 6.45) is 2.56. The van der Waals surface area contributed by atoms with Crippen molar-refractivity contribution >= 4 is 20.9 Å². The van der Waals surface area contributed by atoms with E-state index in [1.54, 1.807) is 12.1 Å². The standard InChI is InChI=1S/C19H34BNO3Si/c1-15(16-7-9-17(10-8-16)20(22)23)21-13-11-18(12-14-21)24-25(5,6)19(2,3)4/h7-10,15,18,22-23H,11-14H2,1-6H3/t15-/m1/s1. The second-order valence-electron chi connectivity index (χ2n) is 8.83. The zero-order chi connectivity index (χ0) is 18.8. The number of rotatable bonds is 5. The van der Waals surface area contributed by atoms with E-state index in [2.05, 4.69) is 45.7 Å². The van der Waals surface area contributed by atoms with Gasteiger partial charge in [0.2, 0.25) is 0 Å². The Morgan fingerprint density at radius 1 is 1.12 bits per heavy atom. The summed E-state index contributed by atoms with van der Waals surface area (Å²) >= 11 is 0. The van der Waals surface area contributed by atoms with E-state index in [0.717, 1.165) is 25.9 Å². The van der Waals surface area contributed by atoms with Crippen LogP contribution < -0.4 is 5.46 Å². The molecule has 0 unspecified atom stereocenters. The fourth-order valence-corrected chi connectivity index (χ4v) is 4.55. The minimum atomic E-state index is -1.69. The molecule has 0 aromatic heterocycles. The number of likely N-dealkylation sites (tertiary alicyclic amines) is 1. The van der Waals surface area contributed by atoms with Crippen molar-refractivity contribution in [1.82, 2.24) is 4.90 Å². The molecule has 2 rings (SSSR count). The Kier molecular flexibility index (Phi) is 6.55. The van der Waals surface area contributed by atoms with Crippen LogP contribution in [0, 0.1) is 0 Å². The van der Waals surface area contributed by atoms with E-state index in [1.807, 2.05) is 12.1 Å². The number of hydrogen-bond donors (Lipinski definition) is 2. The molecule has 0 spiro atoms. The summed E-state index contributed by atoms with van der Waals surface area (Å²) in [5.74, 6) is 0. The molecule has 0 radical (unpaired) electrons. The maximum absolute atomic E-state index is 9.22. The molecule has 0 aliphatic carbocycles. The molecule has 0 bridgehead atoms.